The zero-order chi connectivity index (χ0) is 32.1. The quantitative estimate of drug-likeness (QED) is 0.192. The normalized spacial score (nSPS) is 12.1. The van der Waals surface area contributed by atoms with Gasteiger partial charge in [-0.25, -0.2) is 0 Å². The summed E-state index contributed by atoms with van der Waals surface area (Å²) < 4.78 is 10.9. The van der Waals surface area contributed by atoms with Crippen LogP contribution in [0.3, 0.4) is 0 Å². The number of furan rings is 1. The Morgan fingerprint density at radius 2 is 0.816 bits per heavy atom. The van der Waals surface area contributed by atoms with Gasteiger partial charge in [-0.2, -0.15) is 0 Å². The summed E-state index contributed by atoms with van der Waals surface area (Å²) >= 11 is 0. The van der Waals surface area contributed by atoms with Gasteiger partial charge in [0.25, 0.3) is 0 Å². The molecule has 3 heteroatoms. The molecule has 0 fully saturated rings. The number of fused-ring (bicyclic) bond motifs is 10. The summed E-state index contributed by atoms with van der Waals surface area (Å²) in [6.45, 7) is 0. The van der Waals surface area contributed by atoms with E-state index in [9.17, 15) is 0 Å². The van der Waals surface area contributed by atoms with Gasteiger partial charge in [-0.05, 0) is 94.7 Å². The third-order valence-electron chi connectivity index (χ3n) is 10.3. The van der Waals surface area contributed by atoms with E-state index in [4.69, 9.17) is 4.42 Å². The first-order valence-corrected chi connectivity index (χ1v) is 16.8. The molecule has 0 bridgehead atoms. The SMILES string of the molecule is c1ccc2c(c1)oc1ccc(-c3ccc4ccc(-n5c6ccccc6c6cc(-n7c8ccccc8c8ccccc87)ccc65)cc4c3)cc12. The first kappa shape index (κ1) is 26.5. The molecule has 0 saturated carbocycles. The van der Waals surface area contributed by atoms with E-state index in [-0.39, 0.29) is 0 Å². The minimum Gasteiger partial charge on any atom is -0.456 e. The van der Waals surface area contributed by atoms with Crippen LogP contribution in [0.25, 0.3) is 98.8 Å². The molecule has 0 atom stereocenters. The van der Waals surface area contributed by atoms with Crippen molar-refractivity contribution >= 4 is 76.3 Å². The van der Waals surface area contributed by atoms with Crippen LogP contribution < -0.4 is 0 Å². The Morgan fingerprint density at radius 3 is 1.55 bits per heavy atom. The van der Waals surface area contributed by atoms with Crippen LogP contribution in [-0.4, -0.2) is 9.13 Å². The van der Waals surface area contributed by atoms with Crippen LogP contribution in [0.15, 0.2) is 174 Å². The monoisotopic (exact) mass is 624 g/mol. The molecule has 0 spiro atoms. The summed E-state index contributed by atoms with van der Waals surface area (Å²) in [7, 11) is 0. The maximum absolute atomic E-state index is 6.10. The van der Waals surface area contributed by atoms with Crippen LogP contribution in [0.5, 0.6) is 0 Å². The Labute approximate surface area is 281 Å². The third kappa shape index (κ3) is 3.84. The fourth-order valence-electron chi connectivity index (χ4n) is 8.04. The first-order valence-electron chi connectivity index (χ1n) is 16.8. The van der Waals surface area contributed by atoms with E-state index in [1.807, 2.05) is 12.1 Å². The molecule has 3 aromatic heterocycles. The van der Waals surface area contributed by atoms with Crippen molar-refractivity contribution in [1.29, 1.82) is 0 Å². The molecule has 0 aliphatic rings. The smallest absolute Gasteiger partial charge is 0.135 e. The van der Waals surface area contributed by atoms with Crippen molar-refractivity contribution in [2.24, 2.45) is 0 Å². The van der Waals surface area contributed by atoms with Gasteiger partial charge in [0, 0.05) is 43.7 Å². The van der Waals surface area contributed by atoms with Crippen molar-refractivity contribution in [3.8, 4) is 22.5 Å². The summed E-state index contributed by atoms with van der Waals surface area (Å²) in [5.74, 6) is 0. The number of hydrogen-bond acceptors (Lipinski definition) is 1. The summed E-state index contributed by atoms with van der Waals surface area (Å²) in [5, 5.41) is 9.75. The van der Waals surface area contributed by atoms with E-state index < -0.39 is 0 Å². The molecule has 8 aromatic carbocycles. The summed E-state index contributed by atoms with van der Waals surface area (Å²) in [4.78, 5) is 0. The third-order valence-corrected chi connectivity index (χ3v) is 10.3. The number of hydrogen-bond donors (Lipinski definition) is 0. The molecule has 228 valence electrons. The molecule has 0 unspecified atom stereocenters. The predicted molar refractivity (Wildman–Crippen MR) is 205 cm³/mol. The minimum atomic E-state index is 0.917. The van der Waals surface area contributed by atoms with E-state index in [1.165, 1.54) is 71.2 Å². The van der Waals surface area contributed by atoms with Crippen molar-refractivity contribution in [2.45, 2.75) is 0 Å². The van der Waals surface area contributed by atoms with Crippen LogP contribution in [-0.2, 0) is 0 Å². The average molecular weight is 625 g/mol. The van der Waals surface area contributed by atoms with Crippen molar-refractivity contribution in [3.05, 3.63) is 170 Å². The van der Waals surface area contributed by atoms with E-state index in [0.29, 0.717) is 0 Å². The minimum absolute atomic E-state index is 0.917. The van der Waals surface area contributed by atoms with Gasteiger partial charge in [0.2, 0.25) is 0 Å². The molecule has 0 aliphatic carbocycles. The highest BCUT2D eigenvalue weighted by atomic mass is 16.3. The van der Waals surface area contributed by atoms with Crippen LogP contribution in [0, 0.1) is 0 Å². The zero-order valence-electron chi connectivity index (χ0n) is 26.5. The molecule has 3 nitrogen and oxygen atoms in total. The highest BCUT2D eigenvalue weighted by Crippen LogP contribution is 2.38. The van der Waals surface area contributed by atoms with Gasteiger partial charge in [0.15, 0.2) is 0 Å². The molecule has 0 radical (unpaired) electrons. The zero-order valence-corrected chi connectivity index (χ0v) is 26.5. The van der Waals surface area contributed by atoms with Gasteiger partial charge in [0.05, 0.1) is 22.1 Å². The lowest BCUT2D eigenvalue weighted by molar-refractivity contribution is 0.669. The number of nitrogens with zero attached hydrogens (tertiary/aromatic N) is 2. The Morgan fingerprint density at radius 1 is 0.306 bits per heavy atom. The number of benzene rings is 8. The van der Waals surface area contributed by atoms with Gasteiger partial charge < -0.3 is 13.6 Å². The van der Waals surface area contributed by atoms with Gasteiger partial charge in [-0.3, -0.25) is 0 Å². The van der Waals surface area contributed by atoms with Crippen LogP contribution in [0.4, 0.5) is 0 Å². The van der Waals surface area contributed by atoms with Crippen molar-refractivity contribution in [2.75, 3.05) is 0 Å². The largest absolute Gasteiger partial charge is 0.456 e. The molecule has 0 N–H and O–H groups in total. The van der Waals surface area contributed by atoms with Gasteiger partial charge in [0.1, 0.15) is 11.2 Å². The lowest BCUT2D eigenvalue weighted by Crippen LogP contribution is -1.96. The van der Waals surface area contributed by atoms with Gasteiger partial charge >= 0.3 is 0 Å². The van der Waals surface area contributed by atoms with Gasteiger partial charge in [-0.15, -0.1) is 0 Å². The average Bonchev–Trinajstić information content (AvgIpc) is 3.81. The number of rotatable bonds is 3. The van der Waals surface area contributed by atoms with E-state index >= 15 is 0 Å². The molecule has 11 aromatic rings. The maximum Gasteiger partial charge on any atom is 0.135 e. The van der Waals surface area contributed by atoms with Crippen molar-refractivity contribution < 1.29 is 4.42 Å². The van der Waals surface area contributed by atoms with Gasteiger partial charge in [-0.1, -0.05) is 97.1 Å². The molecule has 0 amide bonds. The summed E-state index contributed by atoms with van der Waals surface area (Å²) in [5.41, 5.74) is 11.4. The Kier molecular flexibility index (Phi) is 5.38. The Hall–Kier alpha value is -6.58. The standard InChI is InChI=1S/C46H28N2O/c1-5-13-41-35(9-1)36-10-2-6-14-42(36)48(41)34-22-23-44-39(28-34)37-11-3-7-15-43(37)47(44)33-21-19-29-17-18-30(25-32(29)26-33)31-20-24-46-40(27-31)38-12-4-8-16-45(38)49-46/h1-28H. The number of para-hydroxylation sites is 4. The Balaban J connectivity index is 1.09. The fraction of sp³-hybridized carbons (Fsp3) is 0. The topological polar surface area (TPSA) is 23.0 Å². The molecule has 0 aliphatic heterocycles. The summed E-state index contributed by atoms with van der Waals surface area (Å²) in [6.07, 6.45) is 0. The molecular formula is C46H28N2O. The van der Waals surface area contributed by atoms with Crippen molar-refractivity contribution in [1.82, 2.24) is 9.13 Å². The number of aromatic nitrogens is 2. The lowest BCUT2D eigenvalue weighted by atomic mass is 9.99. The molecule has 3 heterocycles. The highest BCUT2D eigenvalue weighted by molar-refractivity contribution is 6.12. The highest BCUT2D eigenvalue weighted by Gasteiger charge is 2.17. The Bertz CT molecular complexity index is 3060. The van der Waals surface area contributed by atoms with E-state index in [0.717, 1.165) is 27.6 Å². The lowest BCUT2D eigenvalue weighted by Gasteiger charge is -2.12. The second kappa shape index (κ2) is 9.96. The second-order valence-electron chi connectivity index (χ2n) is 13.0. The molecule has 49 heavy (non-hydrogen) atoms. The summed E-state index contributed by atoms with van der Waals surface area (Å²) in [6, 6.07) is 61.5. The first-order chi connectivity index (χ1) is 24.3. The molecular weight excluding hydrogens is 597 g/mol. The van der Waals surface area contributed by atoms with Crippen LogP contribution >= 0.6 is 0 Å². The second-order valence-corrected chi connectivity index (χ2v) is 13.0. The van der Waals surface area contributed by atoms with Crippen molar-refractivity contribution in [3.63, 3.8) is 0 Å². The van der Waals surface area contributed by atoms with Crippen LogP contribution in [0.2, 0.25) is 0 Å². The van der Waals surface area contributed by atoms with E-state index in [1.54, 1.807) is 0 Å². The molecule has 0 saturated heterocycles. The fourth-order valence-corrected chi connectivity index (χ4v) is 8.04. The maximum atomic E-state index is 6.10. The van der Waals surface area contributed by atoms with E-state index in [2.05, 4.69) is 167 Å². The predicted octanol–water partition coefficient (Wildman–Crippen LogP) is 12.6. The molecule has 11 rings (SSSR count). The van der Waals surface area contributed by atoms with Crippen LogP contribution in [0.1, 0.15) is 0 Å².